The van der Waals surface area contributed by atoms with Gasteiger partial charge >= 0.3 is 5.97 Å². The molecule has 1 aliphatic heterocycles. The number of carbonyl (C=O) groups excluding carboxylic acids is 1. The molecule has 7 heteroatoms. The van der Waals surface area contributed by atoms with Gasteiger partial charge in [0.2, 0.25) is 0 Å². The van der Waals surface area contributed by atoms with E-state index in [-0.39, 0.29) is 23.1 Å². The van der Waals surface area contributed by atoms with E-state index in [1.165, 1.54) is 0 Å². The Morgan fingerprint density at radius 3 is 2.43 bits per heavy atom. The van der Waals surface area contributed by atoms with Gasteiger partial charge in [-0.05, 0) is 59.2 Å². The van der Waals surface area contributed by atoms with Crippen LogP contribution in [0.4, 0.5) is 0 Å². The molecule has 0 aromatic heterocycles. The molecule has 1 heterocycles. The van der Waals surface area contributed by atoms with Gasteiger partial charge in [-0.25, -0.2) is 4.79 Å². The number of hydrogen-bond acceptors (Lipinski definition) is 5. The Labute approximate surface area is 255 Å². The number of ether oxygens (including phenoxy) is 2. The van der Waals surface area contributed by atoms with Crippen molar-refractivity contribution in [2.24, 2.45) is 0 Å². The Bertz CT molecular complexity index is 1700. The zero-order valence-corrected chi connectivity index (χ0v) is 26.1. The first-order valence-corrected chi connectivity index (χ1v) is 15.2. The SMILES string of the molecule is CCCCCCOC(=O)c1cccc(Oc2c(C(C)(C)C)ccc3cc4c(c(-c5cccc(Br)c5)c23)C(=N)NC4=N)c1. The molecule has 0 amide bonds. The number of esters is 1. The highest BCUT2D eigenvalue weighted by molar-refractivity contribution is 9.10. The lowest BCUT2D eigenvalue weighted by Gasteiger charge is -2.26. The van der Waals surface area contributed by atoms with Crippen molar-refractivity contribution in [3.8, 4) is 22.6 Å². The maximum absolute atomic E-state index is 12.9. The van der Waals surface area contributed by atoms with Gasteiger partial charge in [-0.2, -0.15) is 0 Å². The molecule has 0 saturated carbocycles. The van der Waals surface area contributed by atoms with Gasteiger partial charge in [0.1, 0.15) is 23.2 Å². The lowest BCUT2D eigenvalue weighted by Crippen LogP contribution is -2.20. The van der Waals surface area contributed by atoms with Crippen molar-refractivity contribution in [2.45, 2.75) is 58.8 Å². The summed E-state index contributed by atoms with van der Waals surface area (Å²) in [6.07, 6.45) is 4.15. The van der Waals surface area contributed by atoms with Crippen LogP contribution in [0.15, 0.2) is 71.2 Å². The number of rotatable bonds is 9. The van der Waals surface area contributed by atoms with Crippen LogP contribution in [0, 0.1) is 10.8 Å². The van der Waals surface area contributed by atoms with E-state index in [4.69, 9.17) is 20.3 Å². The average Bonchev–Trinajstić information content (AvgIpc) is 3.23. The number of carbonyl (C=O) groups is 1. The van der Waals surface area contributed by atoms with E-state index >= 15 is 0 Å². The first-order chi connectivity index (χ1) is 20.1. The number of fused-ring (bicyclic) bond motifs is 2. The van der Waals surface area contributed by atoms with Crippen LogP contribution in [0.5, 0.6) is 11.5 Å². The minimum Gasteiger partial charge on any atom is -0.462 e. The van der Waals surface area contributed by atoms with Crippen molar-refractivity contribution >= 4 is 44.3 Å². The molecule has 4 aromatic carbocycles. The third kappa shape index (κ3) is 5.97. The molecule has 3 N–H and O–H groups in total. The number of unbranched alkanes of at least 4 members (excludes halogenated alkanes) is 3. The second kappa shape index (κ2) is 12.1. The lowest BCUT2D eigenvalue weighted by molar-refractivity contribution is 0.0497. The molecule has 0 saturated heterocycles. The van der Waals surface area contributed by atoms with Crippen LogP contribution in [-0.2, 0) is 10.2 Å². The third-order valence-corrected chi connectivity index (χ3v) is 7.96. The molecule has 0 atom stereocenters. The highest BCUT2D eigenvalue weighted by atomic mass is 79.9. The average molecular weight is 627 g/mol. The van der Waals surface area contributed by atoms with E-state index in [9.17, 15) is 4.79 Å². The summed E-state index contributed by atoms with van der Waals surface area (Å²) in [5.74, 6) is 1.21. The lowest BCUT2D eigenvalue weighted by atomic mass is 9.82. The van der Waals surface area contributed by atoms with Crippen molar-refractivity contribution in [1.82, 2.24) is 5.32 Å². The fourth-order valence-corrected chi connectivity index (χ4v) is 5.79. The van der Waals surface area contributed by atoms with Gasteiger partial charge in [-0.3, -0.25) is 10.8 Å². The Morgan fingerprint density at radius 2 is 1.69 bits per heavy atom. The van der Waals surface area contributed by atoms with Gasteiger partial charge in [-0.1, -0.05) is 93.2 Å². The summed E-state index contributed by atoms with van der Waals surface area (Å²) in [7, 11) is 0. The fraction of sp³-hybridized carbons (Fsp3) is 0.286. The summed E-state index contributed by atoms with van der Waals surface area (Å²) >= 11 is 3.61. The molecular weight excluding hydrogens is 590 g/mol. The van der Waals surface area contributed by atoms with Gasteiger partial charge < -0.3 is 14.8 Å². The minimum atomic E-state index is -0.364. The zero-order valence-electron chi connectivity index (χ0n) is 24.5. The molecular formula is C35H36BrN3O3. The van der Waals surface area contributed by atoms with Crippen molar-refractivity contribution in [3.05, 3.63) is 93.5 Å². The van der Waals surface area contributed by atoms with E-state index in [0.717, 1.165) is 57.6 Å². The first-order valence-electron chi connectivity index (χ1n) is 14.4. The molecule has 0 fully saturated rings. The van der Waals surface area contributed by atoms with Crippen LogP contribution in [-0.4, -0.2) is 24.2 Å². The van der Waals surface area contributed by atoms with Crippen LogP contribution in [0.2, 0.25) is 0 Å². The molecule has 0 aliphatic carbocycles. The Balaban J connectivity index is 1.67. The van der Waals surface area contributed by atoms with Gasteiger partial charge in [0.15, 0.2) is 0 Å². The van der Waals surface area contributed by atoms with E-state index in [1.54, 1.807) is 18.2 Å². The summed E-state index contributed by atoms with van der Waals surface area (Å²) in [5, 5.41) is 21.9. The van der Waals surface area contributed by atoms with E-state index in [1.807, 2.05) is 36.4 Å². The van der Waals surface area contributed by atoms with E-state index < -0.39 is 0 Å². The molecule has 0 spiro atoms. The predicted molar refractivity (Wildman–Crippen MR) is 174 cm³/mol. The quantitative estimate of drug-likeness (QED) is 0.127. The van der Waals surface area contributed by atoms with Crippen molar-refractivity contribution < 1.29 is 14.3 Å². The number of nitrogens with one attached hydrogen (secondary N) is 3. The predicted octanol–water partition coefficient (Wildman–Crippen LogP) is 9.35. The number of amidine groups is 2. The molecule has 216 valence electrons. The summed E-state index contributed by atoms with van der Waals surface area (Å²) in [4.78, 5) is 12.9. The smallest absolute Gasteiger partial charge is 0.338 e. The van der Waals surface area contributed by atoms with E-state index in [2.05, 4.69) is 61.1 Å². The summed E-state index contributed by atoms with van der Waals surface area (Å²) in [5.41, 5.74) is 4.24. The molecule has 4 aromatic rings. The third-order valence-electron chi connectivity index (χ3n) is 7.47. The van der Waals surface area contributed by atoms with Crippen LogP contribution in [0.25, 0.3) is 21.9 Å². The van der Waals surface area contributed by atoms with Crippen molar-refractivity contribution in [1.29, 1.82) is 10.8 Å². The summed E-state index contributed by atoms with van der Waals surface area (Å²) in [6.45, 7) is 8.97. The molecule has 6 nitrogen and oxygen atoms in total. The standard InChI is InChI=1S/C35H36BrN3O3/c1-5-6-7-8-17-41-34(40)23-12-10-14-25(19-23)42-31-27(35(2,3)4)16-15-22-20-26-30(33(38)39-32(26)37)28(29(22)31)21-11-9-13-24(36)18-21/h9-16,18-20H,5-8,17H2,1-4H3,(H3,37,38,39). The zero-order chi connectivity index (χ0) is 30.0. The second-order valence-corrected chi connectivity index (χ2v) is 12.6. The van der Waals surface area contributed by atoms with Crippen LogP contribution in [0.3, 0.4) is 0 Å². The fourth-order valence-electron chi connectivity index (χ4n) is 5.39. The maximum Gasteiger partial charge on any atom is 0.338 e. The molecule has 0 unspecified atom stereocenters. The largest absolute Gasteiger partial charge is 0.462 e. The monoisotopic (exact) mass is 625 g/mol. The molecule has 0 radical (unpaired) electrons. The van der Waals surface area contributed by atoms with Crippen LogP contribution >= 0.6 is 15.9 Å². The number of hydrogen-bond donors (Lipinski definition) is 3. The summed E-state index contributed by atoms with van der Waals surface area (Å²) in [6, 6.07) is 21.2. The van der Waals surface area contributed by atoms with Gasteiger partial charge in [-0.15, -0.1) is 0 Å². The normalized spacial score (nSPS) is 12.8. The molecule has 5 rings (SSSR count). The van der Waals surface area contributed by atoms with Gasteiger partial charge in [0.05, 0.1) is 12.2 Å². The maximum atomic E-state index is 12.9. The topological polar surface area (TPSA) is 95.3 Å². The van der Waals surface area contributed by atoms with Crippen molar-refractivity contribution in [3.63, 3.8) is 0 Å². The van der Waals surface area contributed by atoms with Crippen LogP contribution in [0.1, 0.15) is 80.4 Å². The van der Waals surface area contributed by atoms with Gasteiger partial charge in [0.25, 0.3) is 0 Å². The summed E-state index contributed by atoms with van der Waals surface area (Å²) < 4.78 is 13.2. The van der Waals surface area contributed by atoms with Gasteiger partial charge in [0, 0.05) is 32.1 Å². The Hall–Kier alpha value is -3.97. The van der Waals surface area contributed by atoms with Crippen LogP contribution < -0.4 is 10.1 Å². The number of benzene rings is 4. The molecule has 1 aliphatic rings. The minimum absolute atomic E-state index is 0.183. The highest BCUT2D eigenvalue weighted by Gasteiger charge is 2.31. The highest BCUT2D eigenvalue weighted by Crippen LogP contribution is 2.47. The Morgan fingerprint density at radius 1 is 0.905 bits per heavy atom. The Kier molecular flexibility index (Phi) is 8.50. The molecule has 0 bridgehead atoms. The number of halogens is 1. The molecule has 42 heavy (non-hydrogen) atoms. The van der Waals surface area contributed by atoms with Crippen molar-refractivity contribution in [2.75, 3.05) is 6.61 Å². The second-order valence-electron chi connectivity index (χ2n) is 11.7. The first kappa shape index (κ1) is 29.5. The van der Waals surface area contributed by atoms with E-state index in [0.29, 0.717) is 34.8 Å².